The second-order valence-electron chi connectivity index (χ2n) is 7.41. The van der Waals surface area contributed by atoms with Crippen LogP contribution in [0.5, 0.6) is 0 Å². The molecule has 3 aliphatic heterocycles. The summed E-state index contributed by atoms with van der Waals surface area (Å²) in [5, 5.41) is 4.14. The maximum absolute atomic E-state index is 13.2. The van der Waals surface area contributed by atoms with Crippen LogP contribution in [0.2, 0.25) is 0 Å². The van der Waals surface area contributed by atoms with E-state index in [0.29, 0.717) is 6.04 Å². The molecular weight excluding hydrogens is 318 g/mol. The number of carbonyl (C=O) groups is 1. The number of thiophene rings is 1. The largest absolute Gasteiger partial charge is 0.450 e. The minimum atomic E-state index is -0.738. The van der Waals surface area contributed by atoms with Crippen molar-refractivity contribution in [1.29, 1.82) is 0 Å². The monoisotopic (exact) mass is 339 g/mol. The first-order chi connectivity index (χ1) is 11.7. The van der Waals surface area contributed by atoms with Gasteiger partial charge in [-0.1, -0.05) is 36.3 Å². The molecule has 4 heteroatoms. The van der Waals surface area contributed by atoms with Crippen LogP contribution in [0.4, 0.5) is 0 Å². The van der Waals surface area contributed by atoms with Gasteiger partial charge in [0.15, 0.2) is 5.60 Å². The van der Waals surface area contributed by atoms with E-state index in [9.17, 15) is 4.79 Å². The van der Waals surface area contributed by atoms with Crippen molar-refractivity contribution < 1.29 is 9.53 Å². The maximum atomic E-state index is 13.2. The highest BCUT2D eigenvalue weighted by atomic mass is 32.1. The quantitative estimate of drug-likeness (QED) is 0.732. The molecule has 4 aliphatic rings. The van der Waals surface area contributed by atoms with E-state index in [-0.39, 0.29) is 5.97 Å². The molecule has 0 saturated carbocycles. The molecule has 0 radical (unpaired) electrons. The van der Waals surface area contributed by atoms with E-state index in [1.54, 1.807) is 11.3 Å². The fourth-order valence-electron chi connectivity index (χ4n) is 4.93. The molecule has 0 bridgehead atoms. The van der Waals surface area contributed by atoms with Crippen molar-refractivity contribution in [3.8, 4) is 0 Å². The van der Waals surface area contributed by atoms with Crippen LogP contribution in [0, 0.1) is 0 Å². The molecule has 3 fully saturated rings. The van der Waals surface area contributed by atoms with E-state index in [1.165, 1.54) is 18.4 Å². The normalized spacial score (nSPS) is 37.9. The Labute approximate surface area is 146 Å². The zero-order valence-electron chi connectivity index (χ0n) is 13.8. The lowest BCUT2D eigenvalue weighted by atomic mass is 9.64. The predicted molar refractivity (Wildman–Crippen MR) is 95.0 cm³/mol. The first-order valence-corrected chi connectivity index (χ1v) is 9.70. The van der Waals surface area contributed by atoms with E-state index in [0.717, 1.165) is 30.6 Å². The Morgan fingerprint density at radius 2 is 2.25 bits per heavy atom. The van der Waals surface area contributed by atoms with Gasteiger partial charge in [-0.05, 0) is 48.7 Å². The molecule has 3 saturated heterocycles. The second-order valence-corrected chi connectivity index (χ2v) is 8.19. The summed E-state index contributed by atoms with van der Waals surface area (Å²) in [5.41, 5.74) is 2.21. The van der Waals surface area contributed by atoms with Gasteiger partial charge in [-0.2, -0.15) is 11.3 Å². The summed E-state index contributed by atoms with van der Waals surface area (Å²) in [4.78, 5) is 15.7. The molecule has 5 rings (SSSR count). The van der Waals surface area contributed by atoms with Crippen molar-refractivity contribution in [2.75, 3.05) is 13.1 Å². The Balaban J connectivity index is 1.69. The highest BCUT2D eigenvalue weighted by Gasteiger charge is 2.69. The van der Waals surface area contributed by atoms with Crippen molar-refractivity contribution in [2.24, 2.45) is 0 Å². The molecule has 0 N–H and O–H groups in total. The van der Waals surface area contributed by atoms with Gasteiger partial charge < -0.3 is 4.74 Å². The van der Waals surface area contributed by atoms with Crippen molar-refractivity contribution >= 4 is 17.3 Å². The van der Waals surface area contributed by atoms with E-state index >= 15 is 0 Å². The lowest BCUT2D eigenvalue weighted by Crippen LogP contribution is -2.71. The van der Waals surface area contributed by atoms with E-state index < -0.39 is 11.0 Å². The average Bonchev–Trinajstić information content (AvgIpc) is 3.13. The van der Waals surface area contributed by atoms with E-state index in [1.807, 2.05) is 5.38 Å². The number of fused-ring (bicyclic) bond motifs is 4. The van der Waals surface area contributed by atoms with Gasteiger partial charge in [0.1, 0.15) is 5.41 Å². The van der Waals surface area contributed by atoms with Crippen molar-refractivity contribution in [1.82, 2.24) is 4.90 Å². The highest BCUT2D eigenvalue weighted by Crippen LogP contribution is 2.57. The Morgan fingerprint density at radius 1 is 1.33 bits per heavy atom. The van der Waals surface area contributed by atoms with Gasteiger partial charge >= 0.3 is 5.97 Å². The van der Waals surface area contributed by atoms with Gasteiger partial charge in [-0.15, -0.1) is 0 Å². The van der Waals surface area contributed by atoms with Gasteiger partial charge in [0.2, 0.25) is 0 Å². The zero-order valence-corrected chi connectivity index (χ0v) is 14.6. The average molecular weight is 339 g/mol. The molecule has 3 nitrogen and oxygen atoms in total. The molecule has 1 aromatic heterocycles. The van der Waals surface area contributed by atoms with Crippen LogP contribution in [-0.2, 0) is 14.9 Å². The Bertz CT molecular complexity index is 791. The number of piperidine rings is 1. The molecule has 1 aromatic rings. The summed E-state index contributed by atoms with van der Waals surface area (Å²) in [6.07, 6.45) is 12.1. The van der Waals surface area contributed by atoms with Crippen LogP contribution in [0.3, 0.4) is 0 Å². The Hall–Kier alpha value is -1.65. The topological polar surface area (TPSA) is 29.5 Å². The number of hydrogen-bond donors (Lipinski definition) is 0. The van der Waals surface area contributed by atoms with Crippen molar-refractivity contribution in [3.05, 3.63) is 57.8 Å². The zero-order chi connectivity index (χ0) is 16.4. The molecule has 0 aromatic carbocycles. The molecule has 0 unspecified atom stereocenters. The third-order valence-electron chi connectivity index (χ3n) is 6.15. The maximum Gasteiger partial charge on any atom is 0.325 e. The summed E-state index contributed by atoms with van der Waals surface area (Å²) in [5.74, 6) is -0.100. The molecule has 4 heterocycles. The molecule has 1 aliphatic carbocycles. The summed E-state index contributed by atoms with van der Waals surface area (Å²) in [6.45, 7) is 4.07. The molecule has 3 atom stereocenters. The third-order valence-corrected chi connectivity index (χ3v) is 6.84. The second kappa shape index (κ2) is 4.93. The fraction of sp³-hybridized carbons (Fsp3) is 0.450. The fourth-order valence-corrected chi connectivity index (χ4v) is 5.64. The molecule has 124 valence electrons. The summed E-state index contributed by atoms with van der Waals surface area (Å²) >= 11 is 1.64. The lowest BCUT2D eigenvalue weighted by Gasteiger charge is -2.57. The van der Waals surface area contributed by atoms with Gasteiger partial charge in [0.25, 0.3) is 0 Å². The molecule has 0 amide bonds. The summed E-state index contributed by atoms with van der Waals surface area (Å²) in [7, 11) is 0. The first-order valence-electron chi connectivity index (χ1n) is 8.76. The van der Waals surface area contributed by atoms with Crippen LogP contribution in [0.25, 0.3) is 0 Å². The van der Waals surface area contributed by atoms with Crippen LogP contribution in [0.1, 0.15) is 31.7 Å². The highest BCUT2D eigenvalue weighted by molar-refractivity contribution is 7.08. The number of ether oxygens (including phenoxy) is 1. The number of hydrogen-bond acceptors (Lipinski definition) is 4. The molecule has 24 heavy (non-hydrogen) atoms. The first kappa shape index (κ1) is 14.7. The third kappa shape index (κ3) is 1.68. The number of esters is 1. The van der Waals surface area contributed by atoms with E-state index in [2.05, 4.69) is 47.6 Å². The molecule has 1 spiro atoms. The number of rotatable bonds is 1. The van der Waals surface area contributed by atoms with Crippen molar-refractivity contribution in [2.45, 2.75) is 43.2 Å². The van der Waals surface area contributed by atoms with Gasteiger partial charge in [0, 0.05) is 12.1 Å². The molecular formula is C20H21NO2S. The summed E-state index contributed by atoms with van der Waals surface area (Å²) in [6, 6.07) is 2.42. The van der Waals surface area contributed by atoms with Gasteiger partial charge in [-0.25, -0.2) is 0 Å². The Morgan fingerprint density at radius 3 is 3.04 bits per heavy atom. The number of allylic oxidation sites excluding steroid dienone is 4. The SMILES string of the molecule is CC1=CC=C2[C@@](c3ccsc3)(C=C1)C(=O)O[C@]21CN2CCCC[C@H]21. The lowest BCUT2D eigenvalue weighted by molar-refractivity contribution is -0.180. The summed E-state index contributed by atoms with van der Waals surface area (Å²) < 4.78 is 6.19. The van der Waals surface area contributed by atoms with Crippen LogP contribution < -0.4 is 0 Å². The minimum Gasteiger partial charge on any atom is -0.450 e. The Kier molecular flexibility index (Phi) is 3.01. The van der Waals surface area contributed by atoms with Gasteiger partial charge in [0.05, 0.1) is 6.04 Å². The van der Waals surface area contributed by atoms with Crippen LogP contribution in [-0.4, -0.2) is 35.6 Å². The van der Waals surface area contributed by atoms with Gasteiger partial charge in [-0.3, -0.25) is 9.69 Å². The number of nitrogens with zero attached hydrogens (tertiary/aromatic N) is 1. The minimum absolute atomic E-state index is 0.100. The number of carbonyl (C=O) groups excluding carboxylic acids is 1. The van der Waals surface area contributed by atoms with E-state index in [4.69, 9.17) is 4.74 Å². The van der Waals surface area contributed by atoms with Crippen LogP contribution >= 0.6 is 11.3 Å². The van der Waals surface area contributed by atoms with Crippen molar-refractivity contribution in [3.63, 3.8) is 0 Å². The smallest absolute Gasteiger partial charge is 0.325 e. The predicted octanol–water partition coefficient (Wildman–Crippen LogP) is 3.59. The standard InChI is InChI=1S/C20H21NO2S/c1-14-5-6-16-19(9-7-14,15-8-11-24-12-15)18(22)23-20(16)13-21-10-3-2-4-17(20)21/h5-9,11-12,17H,2-4,10,13H2,1H3/t17-,19-,20+/m0/s1. The van der Waals surface area contributed by atoms with Crippen LogP contribution in [0.15, 0.2) is 52.3 Å².